The van der Waals surface area contributed by atoms with Crippen LogP contribution in [0.3, 0.4) is 0 Å². The first-order valence-electron chi connectivity index (χ1n) is 11.3. The highest BCUT2D eigenvalue weighted by molar-refractivity contribution is 7.99. The van der Waals surface area contributed by atoms with Gasteiger partial charge in [0.05, 0.1) is 11.1 Å². The van der Waals surface area contributed by atoms with Crippen molar-refractivity contribution >= 4 is 44.9 Å². The Labute approximate surface area is 197 Å². The summed E-state index contributed by atoms with van der Waals surface area (Å²) in [5.74, 6) is 0.0823. The second-order valence-electron chi connectivity index (χ2n) is 8.13. The molecule has 4 rings (SSSR count). The minimum Gasteiger partial charge on any atom is -0.325 e. The minimum atomic E-state index is -0.110. The summed E-state index contributed by atoms with van der Waals surface area (Å²) in [5, 5.41) is 4.29. The number of nitrogens with zero attached hydrogens (tertiary/aromatic N) is 2. The molecule has 0 saturated heterocycles. The molecule has 1 amide bonds. The van der Waals surface area contributed by atoms with E-state index in [2.05, 4.69) is 31.0 Å². The van der Waals surface area contributed by atoms with Crippen molar-refractivity contribution in [3.8, 4) is 0 Å². The third-order valence-corrected chi connectivity index (χ3v) is 7.90. The molecule has 0 aliphatic heterocycles. The number of hydrogen-bond donors (Lipinski definition) is 1. The zero-order valence-corrected chi connectivity index (χ0v) is 20.1. The van der Waals surface area contributed by atoms with Crippen LogP contribution in [0.15, 0.2) is 46.9 Å². The van der Waals surface area contributed by atoms with E-state index in [1.54, 1.807) is 22.0 Å². The number of benzene rings is 1. The van der Waals surface area contributed by atoms with Gasteiger partial charge in [-0.05, 0) is 61.8 Å². The number of rotatable bonds is 9. The van der Waals surface area contributed by atoms with Crippen molar-refractivity contribution in [3.63, 3.8) is 0 Å². The number of amides is 1. The molecule has 2 heterocycles. The Hall–Kier alpha value is -2.38. The summed E-state index contributed by atoms with van der Waals surface area (Å²) in [7, 11) is 0. The van der Waals surface area contributed by atoms with Crippen LogP contribution in [0.2, 0.25) is 0 Å². The van der Waals surface area contributed by atoms with Crippen LogP contribution in [0.25, 0.3) is 10.2 Å². The summed E-state index contributed by atoms with van der Waals surface area (Å²) in [6.45, 7) is 6.36. The number of carbonyl (C=O) groups excluding carboxylic acids is 1. The monoisotopic (exact) mass is 467 g/mol. The van der Waals surface area contributed by atoms with Crippen molar-refractivity contribution < 1.29 is 4.79 Å². The first kappa shape index (κ1) is 22.8. The highest BCUT2D eigenvalue weighted by Gasteiger charge is 2.22. The smallest absolute Gasteiger partial charge is 0.263 e. The van der Waals surface area contributed by atoms with Crippen LogP contribution in [0.5, 0.6) is 0 Å². The Morgan fingerprint density at radius 1 is 1.28 bits per heavy atom. The van der Waals surface area contributed by atoms with Crippen LogP contribution in [0.1, 0.15) is 48.6 Å². The quantitative estimate of drug-likeness (QED) is 0.253. The van der Waals surface area contributed by atoms with Crippen molar-refractivity contribution in [3.05, 3.63) is 63.3 Å². The van der Waals surface area contributed by atoms with Gasteiger partial charge in [-0.15, -0.1) is 17.9 Å². The lowest BCUT2D eigenvalue weighted by Gasteiger charge is -2.12. The van der Waals surface area contributed by atoms with E-state index < -0.39 is 0 Å². The fourth-order valence-corrected chi connectivity index (χ4v) is 6.19. The Morgan fingerprint density at radius 3 is 2.81 bits per heavy atom. The third-order valence-electron chi connectivity index (χ3n) is 5.74. The largest absolute Gasteiger partial charge is 0.325 e. The maximum Gasteiger partial charge on any atom is 0.263 e. The number of nitrogens with one attached hydrogen (secondary N) is 1. The van der Waals surface area contributed by atoms with E-state index >= 15 is 0 Å². The topological polar surface area (TPSA) is 64.0 Å². The van der Waals surface area contributed by atoms with Crippen molar-refractivity contribution in [1.82, 2.24) is 9.55 Å². The summed E-state index contributed by atoms with van der Waals surface area (Å²) >= 11 is 2.94. The molecule has 0 fully saturated rings. The van der Waals surface area contributed by atoms with Crippen LogP contribution in [0.4, 0.5) is 5.69 Å². The number of thioether (sulfide) groups is 1. The first-order valence-corrected chi connectivity index (χ1v) is 13.1. The van der Waals surface area contributed by atoms with Gasteiger partial charge in [-0.25, -0.2) is 4.98 Å². The standard InChI is InChI=1S/C25H29N3O2S2/c1-3-5-8-17-11-13-18(14-12-17)26-21(29)16-31-25-27-23-22(24(30)28(25)15-4-2)19-9-6-7-10-20(19)32-23/h4,11-14H,2-3,5-10,15-16H2,1H3,(H,26,29). The van der Waals surface area contributed by atoms with Gasteiger partial charge in [0, 0.05) is 17.1 Å². The van der Waals surface area contributed by atoms with E-state index in [0.29, 0.717) is 11.7 Å². The molecule has 3 aromatic rings. The Kier molecular flexibility index (Phi) is 7.48. The average Bonchev–Trinajstić information content (AvgIpc) is 3.18. The number of anilines is 1. The van der Waals surface area contributed by atoms with E-state index in [0.717, 1.165) is 41.6 Å². The molecular formula is C25H29N3O2S2. The normalized spacial score (nSPS) is 13.2. The highest BCUT2D eigenvalue weighted by Crippen LogP contribution is 2.34. The van der Waals surface area contributed by atoms with Crippen LogP contribution in [-0.4, -0.2) is 21.2 Å². The predicted molar refractivity (Wildman–Crippen MR) is 135 cm³/mol. The molecule has 2 aromatic heterocycles. The summed E-state index contributed by atoms with van der Waals surface area (Å²) in [5.41, 5.74) is 3.24. The minimum absolute atomic E-state index is 0.0140. The van der Waals surface area contributed by atoms with Gasteiger partial charge < -0.3 is 5.32 Å². The summed E-state index contributed by atoms with van der Waals surface area (Å²) in [6.07, 6.45) is 9.36. The Balaban J connectivity index is 1.49. The molecule has 1 aliphatic carbocycles. The van der Waals surface area contributed by atoms with E-state index in [4.69, 9.17) is 4.98 Å². The van der Waals surface area contributed by atoms with Crippen LogP contribution < -0.4 is 10.9 Å². The molecule has 1 aliphatic rings. The average molecular weight is 468 g/mol. The van der Waals surface area contributed by atoms with Gasteiger partial charge in [0.1, 0.15) is 4.83 Å². The highest BCUT2D eigenvalue weighted by atomic mass is 32.2. The van der Waals surface area contributed by atoms with Gasteiger partial charge in [0.2, 0.25) is 5.91 Å². The van der Waals surface area contributed by atoms with Crippen molar-refractivity contribution in [1.29, 1.82) is 0 Å². The summed E-state index contributed by atoms with van der Waals surface area (Å²) in [4.78, 5) is 32.7. The first-order chi connectivity index (χ1) is 15.6. The zero-order chi connectivity index (χ0) is 22.5. The number of allylic oxidation sites excluding steroid dienone is 1. The second-order valence-corrected chi connectivity index (χ2v) is 10.2. The number of aromatic nitrogens is 2. The van der Waals surface area contributed by atoms with Crippen LogP contribution >= 0.6 is 23.1 Å². The number of hydrogen-bond acceptors (Lipinski definition) is 5. The number of thiophene rings is 1. The molecule has 0 atom stereocenters. The molecule has 7 heteroatoms. The van der Waals surface area contributed by atoms with Crippen LogP contribution in [0, 0.1) is 0 Å². The maximum absolute atomic E-state index is 13.3. The molecular weight excluding hydrogens is 438 g/mol. The fraction of sp³-hybridized carbons (Fsp3) is 0.400. The lowest BCUT2D eigenvalue weighted by atomic mass is 9.97. The van der Waals surface area contributed by atoms with Crippen LogP contribution in [-0.2, 0) is 30.6 Å². The van der Waals surface area contributed by atoms with E-state index in [1.807, 2.05) is 12.1 Å². The maximum atomic E-state index is 13.3. The lowest BCUT2D eigenvalue weighted by Crippen LogP contribution is -2.24. The second kappa shape index (κ2) is 10.5. The predicted octanol–water partition coefficient (Wildman–Crippen LogP) is 5.60. The Morgan fingerprint density at radius 2 is 2.06 bits per heavy atom. The molecule has 1 aromatic carbocycles. The lowest BCUT2D eigenvalue weighted by molar-refractivity contribution is -0.113. The molecule has 5 nitrogen and oxygen atoms in total. The molecule has 1 N–H and O–H groups in total. The summed E-state index contributed by atoms with van der Waals surface area (Å²) in [6, 6.07) is 8.02. The van der Waals surface area contributed by atoms with Crippen molar-refractivity contribution in [2.75, 3.05) is 11.1 Å². The number of carbonyl (C=O) groups is 1. The summed E-state index contributed by atoms with van der Waals surface area (Å²) < 4.78 is 1.65. The zero-order valence-electron chi connectivity index (χ0n) is 18.5. The molecule has 0 unspecified atom stereocenters. The van der Waals surface area contributed by atoms with Gasteiger partial charge in [-0.2, -0.15) is 0 Å². The van der Waals surface area contributed by atoms with E-state index in [9.17, 15) is 9.59 Å². The third kappa shape index (κ3) is 4.99. The van der Waals surface area contributed by atoms with Gasteiger partial charge in [-0.3, -0.25) is 14.2 Å². The molecule has 32 heavy (non-hydrogen) atoms. The van der Waals surface area contributed by atoms with Gasteiger partial charge in [0.25, 0.3) is 5.56 Å². The fourth-order valence-electron chi connectivity index (χ4n) is 4.08. The number of aryl methyl sites for hydroxylation is 3. The Bertz CT molecular complexity index is 1180. The van der Waals surface area contributed by atoms with Gasteiger partial charge in [-0.1, -0.05) is 43.3 Å². The molecule has 0 bridgehead atoms. The molecule has 0 saturated carbocycles. The van der Waals surface area contributed by atoms with E-state index in [1.165, 1.54) is 47.0 Å². The molecule has 0 spiro atoms. The van der Waals surface area contributed by atoms with Gasteiger partial charge in [0.15, 0.2) is 5.16 Å². The number of fused-ring (bicyclic) bond motifs is 3. The van der Waals surface area contributed by atoms with Crippen molar-refractivity contribution in [2.24, 2.45) is 0 Å². The molecule has 0 radical (unpaired) electrons. The van der Waals surface area contributed by atoms with Crippen molar-refractivity contribution in [2.45, 2.75) is 63.6 Å². The SMILES string of the molecule is C=CCn1c(SCC(=O)Nc2ccc(CCCC)cc2)nc2sc3c(c2c1=O)CCCC3. The van der Waals surface area contributed by atoms with Gasteiger partial charge >= 0.3 is 0 Å². The molecule has 168 valence electrons. The number of unbranched alkanes of at least 4 members (excludes halogenated alkanes) is 1. The van der Waals surface area contributed by atoms with E-state index in [-0.39, 0.29) is 17.2 Å².